The van der Waals surface area contributed by atoms with Gasteiger partial charge < -0.3 is 19.7 Å². The highest BCUT2D eigenvalue weighted by Crippen LogP contribution is 2.31. The van der Waals surface area contributed by atoms with Crippen molar-refractivity contribution in [2.45, 2.75) is 32.4 Å². The highest BCUT2D eigenvalue weighted by atomic mass is 16.5. The Balaban J connectivity index is 1.59. The summed E-state index contributed by atoms with van der Waals surface area (Å²) in [6, 6.07) is 20.1. The van der Waals surface area contributed by atoms with Gasteiger partial charge in [-0.25, -0.2) is 9.69 Å². The smallest absolute Gasteiger partial charge is 0.332 e. The molecule has 0 radical (unpaired) electrons. The Labute approximate surface area is 210 Å². The molecule has 1 N–H and O–H groups in total. The Hall–Kier alpha value is -4.33. The molecule has 0 aromatic heterocycles. The Bertz CT molecular complexity index is 1240. The number of rotatable bonds is 9. The van der Waals surface area contributed by atoms with Gasteiger partial charge >= 0.3 is 6.03 Å². The van der Waals surface area contributed by atoms with E-state index in [1.165, 1.54) is 12.0 Å². The molecule has 1 aliphatic rings. The predicted molar refractivity (Wildman–Crippen MR) is 137 cm³/mol. The number of imide groups is 1. The molecule has 0 saturated carbocycles. The topological polar surface area (TPSA) is 88.2 Å². The van der Waals surface area contributed by atoms with Gasteiger partial charge in [-0.2, -0.15) is 0 Å². The SMILES string of the molecule is CCc1ccc(NC(=O)C[C@H]2C(=O)N(c3cccc(OC)c3)C(=O)N2Cc2ccc(OC)cc2)cc1. The molecule has 1 aliphatic heterocycles. The van der Waals surface area contributed by atoms with Crippen LogP contribution in [-0.2, 0) is 22.6 Å². The van der Waals surface area contributed by atoms with Crippen LogP contribution in [0.4, 0.5) is 16.2 Å². The monoisotopic (exact) mass is 487 g/mol. The van der Waals surface area contributed by atoms with Gasteiger partial charge in [-0.15, -0.1) is 0 Å². The van der Waals surface area contributed by atoms with Crippen molar-refractivity contribution in [3.05, 3.63) is 83.9 Å². The van der Waals surface area contributed by atoms with E-state index in [1.807, 2.05) is 36.4 Å². The average molecular weight is 488 g/mol. The van der Waals surface area contributed by atoms with Crippen LogP contribution in [0.15, 0.2) is 72.8 Å². The number of hydrogen-bond acceptors (Lipinski definition) is 5. The molecule has 8 heteroatoms. The molecule has 1 heterocycles. The van der Waals surface area contributed by atoms with Crippen LogP contribution in [0.1, 0.15) is 24.5 Å². The second-order valence-electron chi connectivity index (χ2n) is 8.45. The van der Waals surface area contributed by atoms with E-state index in [0.29, 0.717) is 22.9 Å². The lowest BCUT2D eigenvalue weighted by atomic mass is 10.1. The molecule has 1 atom stereocenters. The van der Waals surface area contributed by atoms with Crippen LogP contribution in [0.2, 0.25) is 0 Å². The standard InChI is InChI=1S/C28H29N3O5/c1-4-19-8-12-21(13-9-19)29-26(32)17-25-27(33)31(22-6-5-7-24(16-22)36-3)28(34)30(25)18-20-10-14-23(35-2)15-11-20/h5-16,25H,4,17-18H2,1-3H3,(H,29,32)/t25-/m0/s1. The van der Waals surface area contributed by atoms with E-state index < -0.39 is 18.0 Å². The summed E-state index contributed by atoms with van der Waals surface area (Å²) in [5.74, 6) is 0.396. The summed E-state index contributed by atoms with van der Waals surface area (Å²) >= 11 is 0. The van der Waals surface area contributed by atoms with Crippen molar-refractivity contribution in [3.8, 4) is 11.5 Å². The van der Waals surface area contributed by atoms with Crippen molar-refractivity contribution in [1.29, 1.82) is 0 Å². The van der Waals surface area contributed by atoms with Gasteiger partial charge in [-0.3, -0.25) is 9.59 Å². The number of nitrogens with zero attached hydrogens (tertiary/aromatic N) is 2. The van der Waals surface area contributed by atoms with Crippen molar-refractivity contribution < 1.29 is 23.9 Å². The van der Waals surface area contributed by atoms with Crippen LogP contribution in [-0.4, -0.2) is 43.0 Å². The maximum atomic E-state index is 13.5. The molecular formula is C28H29N3O5. The molecule has 1 saturated heterocycles. The average Bonchev–Trinajstić information content (AvgIpc) is 3.13. The first-order valence-corrected chi connectivity index (χ1v) is 11.7. The molecule has 0 spiro atoms. The summed E-state index contributed by atoms with van der Waals surface area (Å²) in [5.41, 5.74) is 3.00. The molecule has 1 fully saturated rings. The van der Waals surface area contributed by atoms with Crippen molar-refractivity contribution in [1.82, 2.24) is 4.90 Å². The zero-order valence-electron chi connectivity index (χ0n) is 20.6. The molecule has 3 aromatic rings. The molecular weight excluding hydrogens is 458 g/mol. The van der Waals surface area contributed by atoms with Gasteiger partial charge in [0.1, 0.15) is 17.5 Å². The van der Waals surface area contributed by atoms with Gasteiger partial charge in [-0.1, -0.05) is 37.3 Å². The van der Waals surface area contributed by atoms with E-state index in [4.69, 9.17) is 9.47 Å². The minimum atomic E-state index is -0.958. The third-order valence-corrected chi connectivity index (χ3v) is 6.17. The summed E-state index contributed by atoms with van der Waals surface area (Å²) in [6.07, 6.45) is 0.726. The largest absolute Gasteiger partial charge is 0.497 e. The first-order chi connectivity index (χ1) is 17.4. The third kappa shape index (κ3) is 5.33. The van der Waals surface area contributed by atoms with Crippen LogP contribution >= 0.6 is 0 Å². The molecule has 0 unspecified atom stereocenters. The number of nitrogens with one attached hydrogen (secondary N) is 1. The Morgan fingerprint density at radius 3 is 2.19 bits per heavy atom. The number of aryl methyl sites for hydroxylation is 1. The van der Waals surface area contributed by atoms with Gasteiger partial charge in [0.2, 0.25) is 5.91 Å². The first kappa shape index (κ1) is 24.8. The zero-order valence-corrected chi connectivity index (χ0v) is 20.6. The number of anilines is 2. The van der Waals surface area contributed by atoms with Crippen LogP contribution in [0, 0.1) is 0 Å². The molecule has 36 heavy (non-hydrogen) atoms. The first-order valence-electron chi connectivity index (χ1n) is 11.7. The van der Waals surface area contributed by atoms with Crippen molar-refractivity contribution in [3.63, 3.8) is 0 Å². The van der Waals surface area contributed by atoms with E-state index in [0.717, 1.165) is 22.4 Å². The Kier molecular flexibility index (Phi) is 7.53. The molecule has 3 aromatic carbocycles. The summed E-state index contributed by atoms with van der Waals surface area (Å²) in [6.45, 7) is 2.22. The Morgan fingerprint density at radius 1 is 0.889 bits per heavy atom. The van der Waals surface area contributed by atoms with Gasteiger partial charge in [0.15, 0.2) is 0 Å². The highest BCUT2D eigenvalue weighted by molar-refractivity contribution is 6.22. The lowest BCUT2D eigenvalue weighted by molar-refractivity contribution is -0.124. The predicted octanol–water partition coefficient (Wildman–Crippen LogP) is 4.63. The van der Waals surface area contributed by atoms with E-state index in [-0.39, 0.29) is 18.9 Å². The van der Waals surface area contributed by atoms with E-state index in [9.17, 15) is 14.4 Å². The number of amides is 4. The summed E-state index contributed by atoms with van der Waals surface area (Å²) in [7, 11) is 3.09. The molecule has 186 valence electrons. The minimum Gasteiger partial charge on any atom is -0.497 e. The lowest BCUT2D eigenvalue weighted by Crippen LogP contribution is -2.37. The number of carbonyl (C=O) groups is 3. The number of benzene rings is 3. The molecule has 0 bridgehead atoms. The van der Waals surface area contributed by atoms with Gasteiger partial charge in [0.05, 0.1) is 26.3 Å². The van der Waals surface area contributed by atoms with Gasteiger partial charge in [0.25, 0.3) is 5.91 Å². The number of methoxy groups -OCH3 is 2. The fraction of sp³-hybridized carbons (Fsp3) is 0.250. The van der Waals surface area contributed by atoms with E-state index in [2.05, 4.69) is 12.2 Å². The third-order valence-electron chi connectivity index (χ3n) is 6.17. The van der Waals surface area contributed by atoms with Gasteiger partial charge in [-0.05, 0) is 53.9 Å². The highest BCUT2D eigenvalue weighted by Gasteiger charge is 2.46. The second-order valence-corrected chi connectivity index (χ2v) is 8.45. The molecule has 0 aliphatic carbocycles. The molecule has 4 amide bonds. The quantitative estimate of drug-likeness (QED) is 0.445. The normalized spacial score (nSPS) is 15.2. The number of carbonyl (C=O) groups excluding carboxylic acids is 3. The van der Waals surface area contributed by atoms with Crippen molar-refractivity contribution in [2.75, 3.05) is 24.4 Å². The summed E-state index contributed by atoms with van der Waals surface area (Å²) < 4.78 is 10.5. The number of hydrogen-bond donors (Lipinski definition) is 1. The number of ether oxygens (including phenoxy) is 2. The fourth-order valence-electron chi connectivity index (χ4n) is 4.14. The van der Waals surface area contributed by atoms with E-state index >= 15 is 0 Å². The van der Waals surface area contributed by atoms with Crippen LogP contribution < -0.4 is 19.7 Å². The zero-order chi connectivity index (χ0) is 25.7. The van der Waals surface area contributed by atoms with Crippen LogP contribution in [0.3, 0.4) is 0 Å². The second kappa shape index (κ2) is 10.9. The van der Waals surface area contributed by atoms with Gasteiger partial charge in [0, 0.05) is 18.3 Å². The number of urea groups is 1. The Morgan fingerprint density at radius 2 is 1.56 bits per heavy atom. The maximum Gasteiger partial charge on any atom is 0.332 e. The minimum absolute atomic E-state index is 0.165. The lowest BCUT2D eigenvalue weighted by Gasteiger charge is -2.22. The molecule has 8 nitrogen and oxygen atoms in total. The fourth-order valence-corrected chi connectivity index (χ4v) is 4.14. The van der Waals surface area contributed by atoms with Crippen molar-refractivity contribution >= 4 is 29.2 Å². The molecule has 4 rings (SSSR count). The van der Waals surface area contributed by atoms with Crippen LogP contribution in [0.5, 0.6) is 11.5 Å². The summed E-state index contributed by atoms with van der Waals surface area (Å²) in [4.78, 5) is 42.5. The van der Waals surface area contributed by atoms with E-state index in [1.54, 1.807) is 43.5 Å². The maximum absolute atomic E-state index is 13.5. The van der Waals surface area contributed by atoms with Crippen LogP contribution in [0.25, 0.3) is 0 Å². The summed E-state index contributed by atoms with van der Waals surface area (Å²) in [5, 5.41) is 2.84. The van der Waals surface area contributed by atoms with Crippen molar-refractivity contribution in [2.24, 2.45) is 0 Å².